The van der Waals surface area contributed by atoms with Crippen molar-refractivity contribution in [3.63, 3.8) is 0 Å². The summed E-state index contributed by atoms with van der Waals surface area (Å²) in [4.78, 5) is 12.2. The number of para-hydroxylation sites is 2. The van der Waals surface area contributed by atoms with Crippen LogP contribution in [0.5, 0.6) is 17.2 Å². The van der Waals surface area contributed by atoms with E-state index < -0.39 is 12.1 Å². The molecule has 0 bridgehead atoms. The van der Waals surface area contributed by atoms with Gasteiger partial charge in [-0.3, -0.25) is 0 Å². The number of benzene rings is 2. The van der Waals surface area contributed by atoms with Crippen LogP contribution in [0.15, 0.2) is 48.5 Å². The van der Waals surface area contributed by atoms with E-state index in [1.165, 1.54) is 5.56 Å². The van der Waals surface area contributed by atoms with Gasteiger partial charge >= 0.3 is 5.97 Å². The van der Waals surface area contributed by atoms with Crippen molar-refractivity contribution in [3.05, 3.63) is 54.1 Å². The summed E-state index contributed by atoms with van der Waals surface area (Å²) in [5.41, 5.74) is 1.23. The number of hydrogen-bond donors (Lipinski definition) is 0. The van der Waals surface area contributed by atoms with Gasteiger partial charge < -0.3 is 14.2 Å². The van der Waals surface area contributed by atoms with Crippen LogP contribution in [0.25, 0.3) is 0 Å². The summed E-state index contributed by atoms with van der Waals surface area (Å²) in [5, 5.41) is 0. The van der Waals surface area contributed by atoms with Gasteiger partial charge in [0.2, 0.25) is 6.10 Å². The lowest BCUT2D eigenvalue weighted by atomic mass is 10.1. The minimum atomic E-state index is -0.745. The number of carbonyl (C=O) groups excluding carboxylic acids is 1. The van der Waals surface area contributed by atoms with E-state index in [0.29, 0.717) is 17.2 Å². The molecule has 4 heteroatoms. The average molecular weight is 298 g/mol. The van der Waals surface area contributed by atoms with Crippen LogP contribution in [0.1, 0.15) is 18.9 Å². The molecule has 1 aliphatic heterocycles. The van der Waals surface area contributed by atoms with Gasteiger partial charge in [-0.1, -0.05) is 37.6 Å². The Labute approximate surface area is 129 Å². The number of fused-ring (bicyclic) bond motifs is 1. The van der Waals surface area contributed by atoms with E-state index in [0.717, 1.165) is 12.8 Å². The lowest BCUT2D eigenvalue weighted by Gasteiger charge is -2.24. The van der Waals surface area contributed by atoms with Crippen molar-refractivity contribution >= 4 is 5.97 Å². The fraction of sp³-hybridized carbons (Fsp3) is 0.278. The van der Waals surface area contributed by atoms with Gasteiger partial charge in [0, 0.05) is 0 Å². The Balaban J connectivity index is 1.63. The maximum Gasteiger partial charge on any atom is 0.356 e. The molecule has 0 saturated heterocycles. The zero-order valence-corrected chi connectivity index (χ0v) is 12.5. The molecule has 0 aliphatic carbocycles. The highest BCUT2D eigenvalue weighted by molar-refractivity contribution is 5.78. The van der Waals surface area contributed by atoms with E-state index >= 15 is 0 Å². The molecule has 1 heterocycles. The van der Waals surface area contributed by atoms with Gasteiger partial charge in [0.15, 0.2) is 11.5 Å². The highest BCUT2D eigenvalue weighted by Gasteiger charge is 2.29. The third kappa shape index (κ3) is 3.22. The van der Waals surface area contributed by atoms with Crippen molar-refractivity contribution in [3.8, 4) is 17.2 Å². The number of esters is 1. The monoisotopic (exact) mass is 298 g/mol. The minimum absolute atomic E-state index is 0.157. The second kappa shape index (κ2) is 6.52. The molecule has 2 aromatic rings. The Morgan fingerprint density at radius 3 is 2.59 bits per heavy atom. The van der Waals surface area contributed by atoms with Gasteiger partial charge in [-0.2, -0.15) is 0 Å². The van der Waals surface area contributed by atoms with Crippen molar-refractivity contribution in [1.82, 2.24) is 0 Å². The second-order valence-corrected chi connectivity index (χ2v) is 5.18. The standard InChI is InChI=1S/C18H18O4/c1-2-5-13-8-10-14(11-9-13)21-18(19)17-12-20-15-6-3-4-7-16(15)22-17/h3-4,6-11,17H,2,5,12H2,1H3/t17-/m1/s1. The first-order chi connectivity index (χ1) is 10.8. The predicted molar refractivity (Wildman–Crippen MR) is 82.4 cm³/mol. The number of ether oxygens (including phenoxy) is 3. The normalized spacial score (nSPS) is 16.1. The summed E-state index contributed by atoms with van der Waals surface area (Å²) < 4.78 is 16.5. The highest BCUT2D eigenvalue weighted by Crippen LogP contribution is 2.31. The van der Waals surface area contributed by atoms with Crippen molar-refractivity contribution in [2.75, 3.05) is 6.61 Å². The van der Waals surface area contributed by atoms with Gasteiger partial charge in [0.1, 0.15) is 12.4 Å². The Morgan fingerprint density at radius 2 is 1.86 bits per heavy atom. The van der Waals surface area contributed by atoms with E-state index in [-0.39, 0.29) is 6.61 Å². The zero-order chi connectivity index (χ0) is 15.4. The Bertz CT molecular complexity index is 648. The molecule has 0 N–H and O–H groups in total. The first kappa shape index (κ1) is 14.4. The fourth-order valence-corrected chi connectivity index (χ4v) is 2.33. The van der Waals surface area contributed by atoms with Crippen LogP contribution in [0.3, 0.4) is 0 Å². The summed E-state index contributed by atoms with van der Waals surface area (Å²) in [6, 6.07) is 14.8. The van der Waals surface area contributed by atoms with Gasteiger partial charge in [-0.15, -0.1) is 0 Å². The smallest absolute Gasteiger partial charge is 0.356 e. The molecule has 1 atom stereocenters. The van der Waals surface area contributed by atoms with Crippen LogP contribution < -0.4 is 14.2 Å². The molecule has 1 aliphatic rings. The van der Waals surface area contributed by atoms with E-state index in [1.54, 1.807) is 18.2 Å². The molecule has 0 spiro atoms. The topological polar surface area (TPSA) is 44.8 Å². The van der Waals surface area contributed by atoms with Crippen LogP contribution in [0.4, 0.5) is 0 Å². The van der Waals surface area contributed by atoms with Gasteiger partial charge in [0.05, 0.1) is 0 Å². The summed E-state index contributed by atoms with van der Waals surface area (Å²) in [7, 11) is 0. The van der Waals surface area contributed by atoms with Crippen LogP contribution >= 0.6 is 0 Å². The van der Waals surface area contributed by atoms with Crippen molar-refractivity contribution < 1.29 is 19.0 Å². The molecule has 0 saturated carbocycles. The molecule has 0 radical (unpaired) electrons. The van der Waals surface area contributed by atoms with Gasteiger partial charge in [0.25, 0.3) is 0 Å². The molecule has 0 amide bonds. The molecule has 0 fully saturated rings. The lowest BCUT2D eigenvalue weighted by Crippen LogP contribution is -2.39. The second-order valence-electron chi connectivity index (χ2n) is 5.18. The summed E-state index contributed by atoms with van der Waals surface area (Å²) in [6.07, 6.45) is 1.36. The largest absolute Gasteiger partial charge is 0.485 e. The quantitative estimate of drug-likeness (QED) is 0.641. The SMILES string of the molecule is CCCc1ccc(OC(=O)[C@H]2COc3ccccc3O2)cc1. The number of aryl methyl sites for hydroxylation is 1. The van der Waals surface area contributed by atoms with Crippen molar-refractivity contribution in [1.29, 1.82) is 0 Å². The molecular formula is C18H18O4. The summed E-state index contributed by atoms with van der Waals surface area (Å²) in [6.45, 7) is 2.29. The first-order valence-corrected chi connectivity index (χ1v) is 7.45. The molecule has 0 aromatic heterocycles. The molecule has 114 valence electrons. The molecule has 22 heavy (non-hydrogen) atoms. The number of carbonyl (C=O) groups is 1. The molecule has 0 unspecified atom stereocenters. The maximum absolute atomic E-state index is 12.2. The van der Waals surface area contributed by atoms with Crippen molar-refractivity contribution in [2.45, 2.75) is 25.9 Å². The molecule has 4 nitrogen and oxygen atoms in total. The van der Waals surface area contributed by atoms with Crippen LogP contribution in [0.2, 0.25) is 0 Å². The van der Waals surface area contributed by atoms with Crippen LogP contribution in [0, 0.1) is 0 Å². The zero-order valence-electron chi connectivity index (χ0n) is 12.5. The predicted octanol–water partition coefficient (Wildman–Crippen LogP) is 3.38. The van der Waals surface area contributed by atoms with E-state index in [4.69, 9.17) is 14.2 Å². The Hall–Kier alpha value is -2.49. The van der Waals surface area contributed by atoms with E-state index in [1.807, 2.05) is 30.3 Å². The van der Waals surface area contributed by atoms with Crippen LogP contribution in [-0.4, -0.2) is 18.7 Å². The Kier molecular flexibility index (Phi) is 4.28. The molecule has 2 aromatic carbocycles. The number of hydrogen-bond acceptors (Lipinski definition) is 4. The van der Waals surface area contributed by atoms with Crippen LogP contribution in [-0.2, 0) is 11.2 Å². The highest BCUT2D eigenvalue weighted by atomic mass is 16.6. The third-order valence-electron chi connectivity index (χ3n) is 3.45. The fourth-order valence-electron chi connectivity index (χ4n) is 2.33. The van der Waals surface area contributed by atoms with Gasteiger partial charge in [-0.25, -0.2) is 4.79 Å². The van der Waals surface area contributed by atoms with Crippen molar-refractivity contribution in [2.24, 2.45) is 0 Å². The maximum atomic E-state index is 12.2. The van der Waals surface area contributed by atoms with Gasteiger partial charge in [-0.05, 0) is 36.2 Å². The lowest BCUT2D eigenvalue weighted by molar-refractivity contribution is -0.144. The summed E-state index contributed by atoms with van der Waals surface area (Å²) >= 11 is 0. The molecular weight excluding hydrogens is 280 g/mol. The third-order valence-corrected chi connectivity index (χ3v) is 3.45. The van der Waals surface area contributed by atoms with E-state index in [2.05, 4.69) is 6.92 Å². The number of rotatable bonds is 4. The summed E-state index contributed by atoms with van der Waals surface area (Å²) in [5.74, 6) is 1.29. The minimum Gasteiger partial charge on any atom is -0.485 e. The average Bonchev–Trinajstić information content (AvgIpc) is 2.56. The first-order valence-electron chi connectivity index (χ1n) is 7.45. The Morgan fingerprint density at radius 1 is 1.14 bits per heavy atom. The molecule has 3 rings (SSSR count). The van der Waals surface area contributed by atoms with E-state index in [9.17, 15) is 4.79 Å².